The third kappa shape index (κ3) is 7.99. The van der Waals surface area contributed by atoms with E-state index in [1.54, 1.807) is 43.3 Å². The number of esters is 1. The van der Waals surface area contributed by atoms with E-state index in [-0.39, 0.29) is 42.4 Å². The third-order valence-electron chi connectivity index (χ3n) is 4.53. The van der Waals surface area contributed by atoms with Crippen LogP contribution in [0.2, 0.25) is 0 Å². The van der Waals surface area contributed by atoms with Crippen LogP contribution in [0.5, 0.6) is 11.5 Å². The van der Waals surface area contributed by atoms with Gasteiger partial charge in [-0.05, 0) is 36.8 Å². The standard InChI is InChI=1S/C23H27NO8S/c1-3-30-19(11-12-31-20(26)14-33)21(16-9-10-18(29-2)17(25)13-16)32-23(28)24-22(27)15-7-5-4-6-8-15/h4-10,13,19,21,25,33H,3,11-12,14H2,1-2H3,(H,24,27,28)/t19-,21-/m1/s1. The van der Waals surface area contributed by atoms with Crippen LogP contribution < -0.4 is 10.1 Å². The van der Waals surface area contributed by atoms with Crippen molar-refractivity contribution in [1.82, 2.24) is 5.32 Å². The van der Waals surface area contributed by atoms with Gasteiger partial charge in [0.05, 0.1) is 19.5 Å². The molecule has 0 aliphatic heterocycles. The van der Waals surface area contributed by atoms with Crippen LogP contribution in [0.1, 0.15) is 35.4 Å². The summed E-state index contributed by atoms with van der Waals surface area (Å²) in [4.78, 5) is 36.3. The molecule has 2 aromatic rings. The molecule has 2 amide bonds. The van der Waals surface area contributed by atoms with E-state index in [1.807, 2.05) is 0 Å². The van der Waals surface area contributed by atoms with Gasteiger partial charge in [-0.1, -0.05) is 24.3 Å². The summed E-state index contributed by atoms with van der Waals surface area (Å²) in [6.07, 6.45) is -2.58. The molecule has 2 N–H and O–H groups in total. The van der Waals surface area contributed by atoms with E-state index in [1.165, 1.54) is 19.2 Å². The van der Waals surface area contributed by atoms with Gasteiger partial charge in [0.1, 0.15) is 6.10 Å². The molecule has 0 aliphatic carbocycles. The van der Waals surface area contributed by atoms with Gasteiger partial charge in [-0.2, -0.15) is 12.6 Å². The number of carbonyl (C=O) groups excluding carboxylic acids is 3. The number of aromatic hydroxyl groups is 1. The third-order valence-corrected chi connectivity index (χ3v) is 4.79. The molecule has 0 aliphatic rings. The van der Waals surface area contributed by atoms with Gasteiger partial charge in [-0.3, -0.25) is 14.9 Å². The second kappa shape index (κ2) is 13.3. The minimum Gasteiger partial charge on any atom is -0.504 e. The summed E-state index contributed by atoms with van der Waals surface area (Å²) in [7, 11) is 1.41. The van der Waals surface area contributed by atoms with E-state index < -0.39 is 30.2 Å². The summed E-state index contributed by atoms with van der Waals surface area (Å²) in [6, 6.07) is 12.7. The normalized spacial score (nSPS) is 12.3. The number of thiol groups is 1. The van der Waals surface area contributed by atoms with E-state index in [0.717, 1.165) is 0 Å². The van der Waals surface area contributed by atoms with Crippen molar-refractivity contribution < 1.29 is 38.4 Å². The highest BCUT2D eigenvalue weighted by Gasteiger charge is 2.29. The predicted molar refractivity (Wildman–Crippen MR) is 123 cm³/mol. The molecule has 0 saturated heterocycles. The summed E-state index contributed by atoms with van der Waals surface area (Å²) >= 11 is 3.86. The topological polar surface area (TPSA) is 120 Å². The minimum absolute atomic E-state index is 0.00335. The Morgan fingerprint density at radius 3 is 2.45 bits per heavy atom. The smallest absolute Gasteiger partial charge is 0.414 e. The zero-order valence-corrected chi connectivity index (χ0v) is 19.2. The summed E-state index contributed by atoms with van der Waals surface area (Å²) in [5, 5.41) is 12.4. The Bertz CT molecular complexity index is 937. The number of methoxy groups -OCH3 is 1. The number of ether oxygens (including phenoxy) is 4. The molecule has 0 bridgehead atoms. The van der Waals surface area contributed by atoms with E-state index in [4.69, 9.17) is 18.9 Å². The monoisotopic (exact) mass is 477 g/mol. The molecule has 10 heteroatoms. The Morgan fingerprint density at radius 1 is 1.12 bits per heavy atom. The fraction of sp³-hybridized carbons (Fsp3) is 0.348. The molecule has 0 heterocycles. The van der Waals surface area contributed by atoms with Crippen LogP contribution in [0.15, 0.2) is 48.5 Å². The van der Waals surface area contributed by atoms with Crippen LogP contribution in [0, 0.1) is 0 Å². The number of rotatable bonds is 11. The average molecular weight is 478 g/mol. The van der Waals surface area contributed by atoms with Gasteiger partial charge in [0.2, 0.25) is 0 Å². The molecule has 9 nitrogen and oxygen atoms in total. The van der Waals surface area contributed by atoms with Crippen molar-refractivity contribution in [2.45, 2.75) is 25.6 Å². The van der Waals surface area contributed by atoms with Gasteiger partial charge >= 0.3 is 12.1 Å². The summed E-state index contributed by atoms with van der Waals surface area (Å²) in [5.74, 6) is -1.14. The molecule has 0 fully saturated rings. The Kier molecular flexibility index (Phi) is 10.5. The fourth-order valence-electron chi connectivity index (χ4n) is 3.01. The predicted octanol–water partition coefficient (Wildman–Crippen LogP) is 3.28. The van der Waals surface area contributed by atoms with Crippen molar-refractivity contribution in [3.8, 4) is 11.5 Å². The first kappa shape index (κ1) is 26.0. The highest BCUT2D eigenvalue weighted by molar-refractivity contribution is 7.81. The van der Waals surface area contributed by atoms with Crippen molar-refractivity contribution in [3.05, 3.63) is 59.7 Å². The lowest BCUT2D eigenvalue weighted by atomic mass is 10.0. The number of alkyl carbamates (subject to hydrolysis) is 1. The molecular formula is C23H27NO8S. The summed E-state index contributed by atoms with van der Waals surface area (Å²) < 4.78 is 21.4. The quantitative estimate of drug-likeness (QED) is 0.333. The lowest BCUT2D eigenvalue weighted by Crippen LogP contribution is -2.36. The zero-order valence-electron chi connectivity index (χ0n) is 18.4. The van der Waals surface area contributed by atoms with Crippen LogP contribution >= 0.6 is 12.6 Å². The van der Waals surface area contributed by atoms with E-state index in [0.29, 0.717) is 5.56 Å². The first-order valence-electron chi connectivity index (χ1n) is 10.2. The average Bonchev–Trinajstić information content (AvgIpc) is 2.82. The lowest BCUT2D eigenvalue weighted by Gasteiger charge is -2.27. The summed E-state index contributed by atoms with van der Waals surface area (Å²) in [5.41, 5.74) is 0.683. The van der Waals surface area contributed by atoms with Crippen molar-refractivity contribution in [2.75, 3.05) is 26.1 Å². The van der Waals surface area contributed by atoms with Gasteiger partial charge < -0.3 is 24.1 Å². The van der Waals surface area contributed by atoms with E-state index in [2.05, 4.69) is 17.9 Å². The lowest BCUT2D eigenvalue weighted by molar-refractivity contribution is -0.142. The van der Waals surface area contributed by atoms with E-state index in [9.17, 15) is 19.5 Å². The maximum Gasteiger partial charge on any atom is 0.414 e. The number of phenolic OH excluding ortho intramolecular Hbond substituents is 1. The molecule has 33 heavy (non-hydrogen) atoms. The SMILES string of the molecule is CCO[C@H](CCOC(=O)CS)[C@H](OC(=O)NC(=O)c1ccccc1)c1ccc(OC)c(O)c1. The van der Waals surface area contributed by atoms with Gasteiger partial charge in [0.15, 0.2) is 17.6 Å². The molecule has 0 radical (unpaired) electrons. The number of benzene rings is 2. The van der Waals surface area contributed by atoms with Crippen LogP contribution in [0.3, 0.4) is 0 Å². The zero-order chi connectivity index (χ0) is 24.2. The molecule has 178 valence electrons. The number of carbonyl (C=O) groups is 3. The Hall–Kier alpha value is -3.24. The van der Waals surface area contributed by atoms with Crippen molar-refractivity contribution in [1.29, 1.82) is 0 Å². The molecule has 0 spiro atoms. The van der Waals surface area contributed by atoms with Gasteiger partial charge in [0, 0.05) is 18.6 Å². The number of imide groups is 1. The molecular weight excluding hydrogens is 450 g/mol. The van der Waals surface area contributed by atoms with Crippen LogP contribution in [0.25, 0.3) is 0 Å². The highest BCUT2D eigenvalue weighted by atomic mass is 32.1. The van der Waals surface area contributed by atoms with Gasteiger partial charge in [0.25, 0.3) is 5.91 Å². The fourth-order valence-corrected chi connectivity index (χ4v) is 3.10. The molecule has 0 aromatic heterocycles. The molecule has 0 saturated carbocycles. The Balaban J connectivity index is 2.24. The highest BCUT2D eigenvalue weighted by Crippen LogP contribution is 2.33. The Morgan fingerprint density at radius 2 is 1.85 bits per heavy atom. The minimum atomic E-state index is -1.03. The van der Waals surface area contributed by atoms with Crippen molar-refractivity contribution >= 4 is 30.6 Å². The Labute approximate surface area is 197 Å². The second-order valence-corrected chi connectivity index (χ2v) is 7.05. The molecule has 2 aromatic carbocycles. The number of amides is 2. The van der Waals surface area contributed by atoms with Crippen molar-refractivity contribution in [3.63, 3.8) is 0 Å². The molecule has 2 atom stereocenters. The molecule has 2 rings (SSSR count). The largest absolute Gasteiger partial charge is 0.504 e. The van der Waals surface area contributed by atoms with E-state index >= 15 is 0 Å². The van der Waals surface area contributed by atoms with Crippen molar-refractivity contribution in [2.24, 2.45) is 0 Å². The molecule has 0 unspecified atom stereocenters. The number of nitrogens with one attached hydrogen (secondary N) is 1. The number of phenols is 1. The first-order valence-corrected chi connectivity index (χ1v) is 10.8. The van der Waals surface area contributed by atoms with Crippen LogP contribution in [0.4, 0.5) is 4.79 Å². The maximum atomic E-state index is 12.6. The van der Waals surface area contributed by atoms with Gasteiger partial charge in [-0.25, -0.2) is 4.79 Å². The maximum absolute atomic E-state index is 12.6. The summed E-state index contributed by atoms with van der Waals surface area (Å²) in [6.45, 7) is 2.03. The van der Waals surface area contributed by atoms with Crippen LogP contribution in [-0.4, -0.2) is 55.3 Å². The second-order valence-electron chi connectivity index (χ2n) is 6.74. The van der Waals surface area contributed by atoms with Gasteiger partial charge in [-0.15, -0.1) is 0 Å². The number of hydrogen-bond donors (Lipinski definition) is 3. The first-order chi connectivity index (χ1) is 15.9. The number of hydrogen-bond acceptors (Lipinski definition) is 9. The van der Waals surface area contributed by atoms with Crippen LogP contribution in [-0.2, 0) is 19.0 Å².